The molecule has 1 aliphatic rings. The number of amides is 3. The largest absolute Gasteiger partial charge is 0.387 e. The van der Waals surface area contributed by atoms with E-state index in [-0.39, 0.29) is 30.6 Å². The Kier molecular flexibility index (Phi) is 8.27. The highest BCUT2D eigenvalue weighted by Gasteiger charge is 2.24. The number of benzene rings is 2. The van der Waals surface area contributed by atoms with E-state index in [2.05, 4.69) is 26.1 Å². The van der Waals surface area contributed by atoms with Crippen LogP contribution in [0.15, 0.2) is 42.5 Å². The quantitative estimate of drug-likeness (QED) is 0.410. The van der Waals surface area contributed by atoms with E-state index in [1.54, 1.807) is 0 Å². The summed E-state index contributed by atoms with van der Waals surface area (Å²) in [5.41, 5.74) is 4.77. The van der Waals surface area contributed by atoms with Gasteiger partial charge in [0.05, 0.1) is 5.56 Å². The molecule has 1 aromatic heterocycles. The predicted octanol–water partition coefficient (Wildman–Crippen LogP) is 3.38. The fourth-order valence-electron chi connectivity index (χ4n) is 4.22. The molecule has 0 saturated carbocycles. The van der Waals surface area contributed by atoms with Crippen molar-refractivity contribution in [3.63, 3.8) is 0 Å². The van der Waals surface area contributed by atoms with E-state index >= 15 is 0 Å². The van der Waals surface area contributed by atoms with Gasteiger partial charge in [0.25, 0.3) is 5.91 Å². The van der Waals surface area contributed by atoms with E-state index in [1.165, 1.54) is 16.9 Å². The van der Waals surface area contributed by atoms with Crippen LogP contribution in [-0.4, -0.2) is 46.4 Å². The number of aryl methyl sites for hydroxylation is 1. The van der Waals surface area contributed by atoms with Gasteiger partial charge in [-0.25, -0.2) is 0 Å². The summed E-state index contributed by atoms with van der Waals surface area (Å²) in [6, 6.07) is 13.5. The van der Waals surface area contributed by atoms with E-state index in [0.29, 0.717) is 30.3 Å². The average Bonchev–Trinajstić information content (AvgIpc) is 3.37. The Morgan fingerprint density at radius 3 is 2.61 bits per heavy atom. The maximum atomic E-state index is 13.1. The Balaban J connectivity index is 1.30. The molecule has 10 heteroatoms. The lowest BCUT2D eigenvalue weighted by Gasteiger charge is -2.31. The summed E-state index contributed by atoms with van der Waals surface area (Å²) in [7, 11) is 1.81. The second kappa shape index (κ2) is 11.8. The minimum absolute atomic E-state index is 0.00188. The molecule has 0 atom stereocenters. The van der Waals surface area contributed by atoms with Gasteiger partial charge >= 0.3 is 0 Å². The van der Waals surface area contributed by atoms with E-state index < -0.39 is 0 Å². The summed E-state index contributed by atoms with van der Waals surface area (Å²) in [6.45, 7) is 3.50. The fraction of sp³-hybridized carbons (Fsp3) is 0.346. The first-order chi connectivity index (χ1) is 17.5. The van der Waals surface area contributed by atoms with Gasteiger partial charge in [-0.15, -0.1) is 10.2 Å². The highest BCUT2D eigenvalue weighted by atomic mass is 32.1. The third kappa shape index (κ3) is 6.06. The fourth-order valence-corrected chi connectivity index (χ4v) is 4.92. The summed E-state index contributed by atoms with van der Waals surface area (Å²) in [5.74, 6) is -0.446. The number of aromatic nitrogens is 2. The molecule has 0 saturated heterocycles. The summed E-state index contributed by atoms with van der Waals surface area (Å²) in [4.78, 5) is 39.5. The first kappa shape index (κ1) is 25.3. The topological polar surface area (TPSA) is 116 Å². The normalized spacial score (nSPS) is 12.6. The molecule has 4 rings (SSSR count). The number of para-hydroxylation sites is 1. The molecule has 2 heterocycles. The minimum atomic E-state index is -0.259. The second-order valence-corrected chi connectivity index (χ2v) is 9.57. The number of fused-ring (bicyclic) bond motifs is 1. The molecule has 3 amide bonds. The molecule has 0 spiro atoms. The van der Waals surface area contributed by atoms with Crippen molar-refractivity contribution >= 4 is 39.9 Å². The Hall–Kier alpha value is -3.79. The van der Waals surface area contributed by atoms with E-state index in [9.17, 15) is 14.4 Å². The smallest absolute Gasteiger partial charge is 0.256 e. The second-order valence-electron chi connectivity index (χ2n) is 8.51. The van der Waals surface area contributed by atoms with Gasteiger partial charge in [0.2, 0.25) is 16.9 Å². The van der Waals surface area contributed by atoms with Gasteiger partial charge in [-0.1, -0.05) is 48.6 Å². The van der Waals surface area contributed by atoms with Crippen LogP contribution in [0.5, 0.6) is 0 Å². The maximum Gasteiger partial charge on any atom is 0.256 e. The Labute approximate surface area is 214 Å². The molecule has 0 unspecified atom stereocenters. The van der Waals surface area contributed by atoms with Gasteiger partial charge in [-0.2, -0.15) is 0 Å². The average molecular weight is 507 g/mol. The van der Waals surface area contributed by atoms with E-state index in [1.807, 2.05) is 61.3 Å². The number of carbonyl (C=O) groups is 3. The predicted molar refractivity (Wildman–Crippen MR) is 140 cm³/mol. The minimum Gasteiger partial charge on any atom is -0.387 e. The summed E-state index contributed by atoms with van der Waals surface area (Å²) >= 11 is 1.34. The standard InChI is InChI=1S/C26H30N6O3S/c1-3-24-30-31-26(36-24)29-23(34)12-11-22(33)28-15-17-7-6-8-18-16-32(14-13-19(17)18)25(35)20-9-4-5-10-21(20)27-2/h4-10,27H,3,11-16H2,1-2H3,(H,28,33)(H,29,31,34). The van der Waals surface area contributed by atoms with Gasteiger partial charge < -0.3 is 20.9 Å². The van der Waals surface area contributed by atoms with Crippen molar-refractivity contribution in [1.29, 1.82) is 0 Å². The van der Waals surface area contributed by atoms with Gasteiger partial charge in [0.15, 0.2) is 0 Å². The van der Waals surface area contributed by atoms with Crippen LogP contribution in [0.4, 0.5) is 10.8 Å². The molecule has 1 aliphatic heterocycles. The lowest BCUT2D eigenvalue weighted by Crippen LogP contribution is -2.37. The number of hydrogen-bond donors (Lipinski definition) is 3. The van der Waals surface area contributed by atoms with Crippen molar-refractivity contribution in [2.75, 3.05) is 24.2 Å². The highest BCUT2D eigenvalue weighted by Crippen LogP contribution is 2.25. The number of rotatable bonds is 9. The van der Waals surface area contributed by atoms with Crippen LogP contribution in [-0.2, 0) is 35.5 Å². The van der Waals surface area contributed by atoms with Crippen LogP contribution in [0.2, 0.25) is 0 Å². The van der Waals surface area contributed by atoms with Crippen molar-refractivity contribution in [1.82, 2.24) is 20.4 Å². The number of carbonyl (C=O) groups excluding carboxylic acids is 3. The van der Waals surface area contributed by atoms with Crippen molar-refractivity contribution in [3.8, 4) is 0 Å². The van der Waals surface area contributed by atoms with E-state index in [0.717, 1.165) is 34.7 Å². The Bertz CT molecular complexity index is 1260. The molecule has 3 aromatic rings. The lowest BCUT2D eigenvalue weighted by atomic mass is 9.94. The zero-order chi connectivity index (χ0) is 25.5. The number of nitrogens with one attached hydrogen (secondary N) is 3. The summed E-state index contributed by atoms with van der Waals surface area (Å²) < 4.78 is 0. The Morgan fingerprint density at radius 1 is 1.03 bits per heavy atom. The van der Waals surface area contributed by atoms with Crippen LogP contribution in [0.3, 0.4) is 0 Å². The highest BCUT2D eigenvalue weighted by molar-refractivity contribution is 7.15. The number of nitrogens with zero attached hydrogens (tertiary/aromatic N) is 3. The van der Waals surface area contributed by atoms with Crippen molar-refractivity contribution < 1.29 is 14.4 Å². The monoisotopic (exact) mass is 506 g/mol. The molecule has 2 aromatic carbocycles. The van der Waals surface area contributed by atoms with Crippen molar-refractivity contribution in [2.45, 2.75) is 45.7 Å². The third-order valence-corrected chi connectivity index (χ3v) is 7.13. The first-order valence-electron chi connectivity index (χ1n) is 12.0. The first-order valence-corrected chi connectivity index (χ1v) is 12.8. The van der Waals surface area contributed by atoms with Crippen LogP contribution < -0.4 is 16.0 Å². The lowest BCUT2D eigenvalue weighted by molar-refractivity contribution is -0.124. The molecule has 0 fully saturated rings. The zero-order valence-corrected chi connectivity index (χ0v) is 21.3. The van der Waals surface area contributed by atoms with Crippen LogP contribution in [0.1, 0.15) is 51.8 Å². The SMILES string of the molecule is CCc1nnc(NC(=O)CCC(=O)NCc2cccc3c2CCN(C(=O)c2ccccc2NC)C3)s1. The van der Waals surface area contributed by atoms with E-state index in [4.69, 9.17) is 0 Å². The molecule has 9 nitrogen and oxygen atoms in total. The molecule has 3 N–H and O–H groups in total. The van der Waals surface area contributed by atoms with Crippen molar-refractivity contribution in [3.05, 3.63) is 69.7 Å². The van der Waals surface area contributed by atoms with Crippen molar-refractivity contribution in [2.24, 2.45) is 0 Å². The van der Waals surface area contributed by atoms with Gasteiger partial charge in [0.1, 0.15) is 5.01 Å². The number of hydrogen-bond acceptors (Lipinski definition) is 7. The molecule has 36 heavy (non-hydrogen) atoms. The summed E-state index contributed by atoms with van der Waals surface area (Å²) in [6.07, 6.45) is 1.65. The van der Waals surface area contributed by atoms with Gasteiger partial charge in [-0.3, -0.25) is 14.4 Å². The van der Waals surface area contributed by atoms with Gasteiger partial charge in [0, 0.05) is 45.2 Å². The van der Waals surface area contributed by atoms with Crippen LogP contribution >= 0.6 is 11.3 Å². The molecule has 0 bridgehead atoms. The van der Waals surface area contributed by atoms with Crippen LogP contribution in [0.25, 0.3) is 0 Å². The summed E-state index contributed by atoms with van der Waals surface area (Å²) in [5, 5.41) is 17.9. The third-order valence-electron chi connectivity index (χ3n) is 6.15. The molecular weight excluding hydrogens is 476 g/mol. The van der Waals surface area contributed by atoms with Gasteiger partial charge in [-0.05, 0) is 41.7 Å². The number of anilines is 2. The molecular formula is C26H30N6O3S. The molecule has 0 radical (unpaired) electrons. The Morgan fingerprint density at radius 2 is 1.83 bits per heavy atom. The van der Waals surface area contributed by atoms with Crippen LogP contribution in [0, 0.1) is 0 Å². The molecule has 188 valence electrons. The molecule has 0 aliphatic carbocycles. The maximum absolute atomic E-state index is 13.1. The zero-order valence-electron chi connectivity index (χ0n) is 20.5.